The summed E-state index contributed by atoms with van der Waals surface area (Å²) < 4.78 is 5.65. The largest absolute Gasteiger partial charge is 0.483 e. The number of nitrogens with zero attached hydrogens (tertiary/aromatic N) is 1. The average molecular weight is 298 g/mol. The lowest BCUT2D eigenvalue weighted by molar-refractivity contribution is -0.123. The van der Waals surface area contributed by atoms with Crippen molar-refractivity contribution >= 4 is 5.91 Å². The van der Waals surface area contributed by atoms with Crippen molar-refractivity contribution in [3.63, 3.8) is 0 Å². The predicted octanol–water partition coefficient (Wildman–Crippen LogP) is 3.21. The molecule has 22 heavy (non-hydrogen) atoms. The summed E-state index contributed by atoms with van der Waals surface area (Å²) in [6, 6.07) is 9.89. The van der Waals surface area contributed by atoms with Crippen molar-refractivity contribution in [2.45, 2.75) is 33.2 Å². The van der Waals surface area contributed by atoms with Gasteiger partial charge in [0.2, 0.25) is 0 Å². The van der Waals surface area contributed by atoms with Crippen LogP contribution in [0.5, 0.6) is 5.75 Å². The smallest absolute Gasteiger partial charge is 0.258 e. The van der Waals surface area contributed by atoms with Crippen molar-refractivity contribution in [2.24, 2.45) is 0 Å². The van der Waals surface area contributed by atoms with E-state index in [-0.39, 0.29) is 12.5 Å². The Morgan fingerprint density at radius 1 is 1.32 bits per heavy atom. The zero-order valence-corrected chi connectivity index (χ0v) is 13.3. The lowest BCUT2D eigenvalue weighted by Crippen LogP contribution is -2.28. The van der Waals surface area contributed by atoms with E-state index in [1.807, 2.05) is 31.2 Å². The van der Waals surface area contributed by atoms with Gasteiger partial charge >= 0.3 is 0 Å². The van der Waals surface area contributed by atoms with Gasteiger partial charge in [-0.2, -0.15) is 0 Å². The Labute approximate surface area is 131 Å². The van der Waals surface area contributed by atoms with E-state index >= 15 is 0 Å². The molecule has 0 aliphatic rings. The third-order valence-corrected chi connectivity index (χ3v) is 3.45. The van der Waals surface area contributed by atoms with Crippen molar-refractivity contribution < 1.29 is 9.53 Å². The molecule has 0 saturated carbocycles. The van der Waals surface area contributed by atoms with Crippen LogP contribution in [0.1, 0.15) is 36.5 Å². The van der Waals surface area contributed by atoms with E-state index in [1.54, 1.807) is 12.4 Å². The molecule has 1 aromatic carbocycles. The minimum absolute atomic E-state index is 0.0165. The molecule has 2 aromatic rings. The highest BCUT2D eigenvalue weighted by Gasteiger charge is 2.07. The predicted molar refractivity (Wildman–Crippen MR) is 86.8 cm³/mol. The lowest BCUT2D eigenvalue weighted by Gasteiger charge is -2.13. The van der Waals surface area contributed by atoms with Crippen LogP contribution in [0.15, 0.2) is 42.7 Å². The van der Waals surface area contributed by atoms with Crippen LogP contribution in [0.3, 0.4) is 0 Å². The molecule has 0 bridgehead atoms. The molecule has 0 radical (unpaired) electrons. The zero-order valence-electron chi connectivity index (χ0n) is 13.3. The number of hydrogen-bond acceptors (Lipinski definition) is 3. The van der Waals surface area contributed by atoms with Crippen molar-refractivity contribution in [2.75, 3.05) is 6.61 Å². The van der Waals surface area contributed by atoms with Gasteiger partial charge < -0.3 is 10.1 Å². The highest BCUT2D eigenvalue weighted by atomic mass is 16.5. The number of ether oxygens (including phenoxy) is 1. The molecular weight excluding hydrogens is 276 g/mol. The van der Waals surface area contributed by atoms with E-state index in [9.17, 15) is 4.79 Å². The number of aryl methyl sites for hydroxylation is 1. The molecule has 0 spiro atoms. The van der Waals surface area contributed by atoms with Crippen LogP contribution in [0.2, 0.25) is 0 Å². The summed E-state index contributed by atoms with van der Waals surface area (Å²) in [6.07, 6.45) is 3.44. The first kappa shape index (κ1) is 16.0. The number of hydrogen-bond donors (Lipinski definition) is 1. The number of rotatable bonds is 6. The maximum absolute atomic E-state index is 11.9. The van der Waals surface area contributed by atoms with Crippen molar-refractivity contribution in [1.82, 2.24) is 10.3 Å². The Morgan fingerprint density at radius 2 is 2.14 bits per heavy atom. The van der Waals surface area contributed by atoms with Gasteiger partial charge in [-0.1, -0.05) is 32.0 Å². The van der Waals surface area contributed by atoms with Gasteiger partial charge in [0.25, 0.3) is 5.91 Å². The molecule has 0 aliphatic heterocycles. The van der Waals surface area contributed by atoms with Crippen LogP contribution in [0.25, 0.3) is 0 Å². The molecule has 1 N–H and O–H groups in total. The zero-order chi connectivity index (χ0) is 15.9. The first-order chi connectivity index (χ1) is 10.6. The lowest BCUT2D eigenvalue weighted by atomic mass is 10.0. The van der Waals surface area contributed by atoms with Gasteiger partial charge in [-0.05, 0) is 41.7 Å². The topological polar surface area (TPSA) is 51.2 Å². The number of carbonyl (C=O) groups excluding carboxylic acids is 1. The molecule has 0 unspecified atom stereocenters. The Hall–Kier alpha value is -2.36. The third kappa shape index (κ3) is 4.58. The van der Waals surface area contributed by atoms with Gasteiger partial charge in [0.1, 0.15) is 5.75 Å². The molecule has 4 nitrogen and oxygen atoms in total. The van der Waals surface area contributed by atoms with Gasteiger partial charge in [-0.15, -0.1) is 0 Å². The third-order valence-electron chi connectivity index (χ3n) is 3.45. The number of benzene rings is 1. The van der Waals surface area contributed by atoms with Crippen LogP contribution in [0.4, 0.5) is 0 Å². The first-order valence-electron chi connectivity index (χ1n) is 7.45. The van der Waals surface area contributed by atoms with Crippen molar-refractivity contribution in [3.8, 4) is 5.75 Å². The normalized spacial score (nSPS) is 10.5. The maximum Gasteiger partial charge on any atom is 0.258 e. The molecule has 4 heteroatoms. The molecule has 1 amide bonds. The minimum atomic E-state index is -0.141. The second kappa shape index (κ2) is 7.59. The summed E-state index contributed by atoms with van der Waals surface area (Å²) in [4.78, 5) is 15.9. The monoisotopic (exact) mass is 298 g/mol. The van der Waals surface area contributed by atoms with Gasteiger partial charge in [0.15, 0.2) is 6.61 Å². The van der Waals surface area contributed by atoms with E-state index < -0.39 is 0 Å². The van der Waals surface area contributed by atoms with Crippen molar-refractivity contribution in [3.05, 3.63) is 59.4 Å². The number of amides is 1. The second-order valence-electron chi connectivity index (χ2n) is 5.61. The molecule has 0 saturated heterocycles. The Morgan fingerprint density at radius 3 is 2.82 bits per heavy atom. The van der Waals surface area contributed by atoms with Crippen LogP contribution in [-0.2, 0) is 11.3 Å². The average Bonchev–Trinajstić information content (AvgIpc) is 2.53. The fourth-order valence-electron chi connectivity index (χ4n) is 2.03. The Kier molecular flexibility index (Phi) is 5.53. The first-order valence-corrected chi connectivity index (χ1v) is 7.45. The summed E-state index contributed by atoms with van der Waals surface area (Å²) in [5, 5.41) is 2.82. The molecule has 116 valence electrons. The Balaban J connectivity index is 1.87. The second-order valence-corrected chi connectivity index (χ2v) is 5.61. The van der Waals surface area contributed by atoms with Gasteiger partial charge in [-0.3, -0.25) is 9.78 Å². The number of aromatic nitrogens is 1. The molecule has 0 atom stereocenters. The van der Waals surface area contributed by atoms with Crippen LogP contribution < -0.4 is 10.1 Å². The minimum Gasteiger partial charge on any atom is -0.483 e. The fraction of sp³-hybridized carbons (Fsp3) is 0.333. The van der Waals surface area contributed by atoms with Crippen LogP contribution in [0, 0.1) is 6.92 Å². The highest BCUT2D eigenvalue weighted by molar-refractivity contribution is 5.77. The summed E-state index contributed by atoms with van der Waals surface area (Å²) in [5.74, 6) is 1.06. The molecule has 1 heterocycles. The van der Waals surface area contributed by atoms with Crippen molar-refractivity contribution in [1.29, 1.82) is 0 Å². The van der Waals surface area contributed by atoms with Gasteiger partial charge in [-0.25, -0.2) is 0 Å². The fourth-order valence-corrected chi connectivity index (χ4v) is 2.03. The molecule has 0 fully saturated rings. The van der Waals surface area contributed by atoms with Crippen LogP contribution >= 0.6 is 0 Å². The standard InChI is InChI=1S/C18H22N2O2/c1-13(2)16-7-6-14(3)17(9-16)22-12-18(21)20-11-15-5-4-8-19-10-15/h4-10,13H,11-12H2,1-3H3,(H,20,21). The van der Waals surface area contributed by atoms with E-state index in [0.29, 0.717) is 12.5 Å². The Bertz CT molecular complexity index is 624. The van der Waals surface area contributed by atoms with E-state index in [2.05, 4.69) is 30.2 Å². The number of pyridine rings is 1. The van der Waals surface area contributed by atoms with Crippen LogP contribution in [-0.4, -0.2) is 17.5 Å². The number of nitrogens with one attached hydrogen (secondary N) is 1. The maximum atomic E-state index is 11.9. The molecule has 2 rings (SSSR count). The quantitative estimate of drug-likeness (QED) is 0.891. The van der Waals surface area contributed by atoms with Gasteiger partial charge in [0.05, 0.1) is 0 Å². The summed E-state index contributed by atoms with van der Waals surface area (Å²) in [5.41, 5.74) is 3.20. The molecule has 0 aliphatic carbocycles. The molecule has 1 aromatic heterocycles. The summed E-state index contributed by atoms with van der Waals surface area (Å²) in [7, 11) is 0. The summed E-state index contributed by atoms with van der Waals surface area (Å²) >= 11 is 0. The van der Waals surface area contributed by atoms with E-state index in [4.69, 9.17) is 4.74 Å². The SMILES string of the molecule is Cc1ccc(C(C)C)cc1OCC(=O)NCc1cccnc1. The number of carbonyl (C=O) groups is 1. The van der Waals surface area contributed by atoms with E-state index in [0.717, 1.165) is 16.9 Å². The summed E-state index contributed by atoms with van der Waals surface area (Å²) in [6.45, 7) is 6.72. The van der Waals surface area contributed by atoms with Gasteiger partial charge in [0, 0.05) is 18.9 Å². The molecular formula is C18H22N2O2. The highest BCUT2D eigenvalue weighted by Crippen LogP contribution is 2.24. The van der Waals surface area contributed by atoms with E-state index in [1.165, 1.54) is 5.56 Å².